The maximum Gasteiger partial charge on any atom is 0.122 e. The zero-order valence-electron chi connectivity index (χ0n) is 10.6. The quantitative estimate of drug-likeness (QED) is 0.823. The van der Waals surface area contributed by atoms with Crippen LogP contribution in [0, 0.1) is 0 Å². The van der Waals surface area contributed by atoms with E-state index < -0.39 is 0 Å². The maximum atomic E-state index is 6.12. The molecule has 0 saturated heterocycles. The highest BCUT2D eigenvalue weighted by atomic mass is 35.5. The summed E-state index contributed by atoms with van der Waals surface area (Å²) in [6.45, 7) is 0.738. The first-order valence-electron chi connectivity index (χ1n) is 6.00. The summed E-state index contributed by atoms with van der Waals surface area (Å²) < 4.78 is 0. The first-order chi connectivity index (χ1) is 9.56. The number of hydrogen-bond donors (Lipinski definition) is 2. The van der Waals surface area contributed by atoms with Crippen LogP contribution in [0.5, 0.6) is 0 Å². The Morgan fingerprint density at radius 1 is 1.25 bits per heavy atom. The van der Waals surface area contributed by atoms with Gasteiger partial charge in [0.05, 0.1) is 5.69 Å². The Bertz CT molecular complexity index is 632. The lowest BCUT2D eigenvalue weighted by atomic mass is 10.1. The third-order valence-electron chi connectivity index (χ3n) is 2.75. The number of nitrogens with zero attached hydrogens (tertiary/aromatic N) is 1. The van der Waals surface area contributed by atoms with Gasteiger partial charge in [-0.05, 0) is 36.2 Å². The first-order valence-corrected chi connectivity index (χ1v) is 7.16. The van der Waals surface area contributed by atoms with Gasteiger partial charge in [0.2, 0.25) is 0 Å². The zero-order chi connectivity index (χ0) is 14.5. The summed E-state index contributed by atoms with van der Waals surface area (Å²) in [7, 11) is 0. The van der Waals surface area contributed by atoms with Crippen LogP contribution in [0.25, 0.3) is 0 Å². The largest absolute Gasteiger partial charge is 0.388 e. The van der Waals surface area contributed by atoms with E-state index in [4.69, 9.17) is 41.2 Å². The minimum absolute atomic E-state index is 0.286. The van der Waals surface area contributed by atoms with Gasteiger partial charge in [0.25, 0.3) is 0 Å². The highest BCUT2D eigenvalue weighted by molar-refractivity contribution is 7.80. The first kappa shape index (κ1) is 15.0. The number of thiocarbonyl (C=S) groups is 1. The van der Waals surface area contributed by atoms with Gasteiger partial charge in [-0.1, -0.05) is 41.5 Å². The predicted molar refractivity (Wildman–Crippen MR) is 88.8 cm³/mol. The molecule has 2 rings (SSSR count). The number of anilines is 1. The number of hydrogen-bond acceptors (Lipinski definition) is 3. The van der Waals surface area contributed by atoms with Crippen molar-refractivity contribution in [1.82, 2.24) is 4.98 Å². The average Bonchev–Trinajstić information content (AvgIpc) is 2.41. The van der Waals surface area contributed by atoms with Gasteiger partial charge in [-0.25, -0.2) is 0 Å². The van der Waals surface area contributed by atoms with Crippen molar-refractivity contribution < 1.29 is 0 Å². The van der Waals surface area contributed by atoms with E-state index in [1.807, 2.05) is 24.3 Å². The summed E-state index contributed by atoms with van der Waals surface area (Å²) >= 11 is 16.9. The van der Waals surface area contributed by atoms with Gasteiger partial charge in [0.1, 0.15) is 4.99 Å². The van der Waals surface area contributed by atoms with Crippen LogP contribution in [0.4, 0.5) is 5.69 Å². The summed E-state index contributed by atoms with van der Waals surface area (Å²) in [6.07, 6.45) is 2.47. The van der Waals surface area contributed by atoms with Crippen LogP contribution in [0.1, 0.15) is 11.3 Å². The van der Waals surface area contributed by atoms with E-state index in [2.05, 4.69) is 10.3 Å². The van der Waals surface area contributed by atoms with E-state index in [0.29, 0.717) is 15.7 Å². The maximum absolute atomic E-state index is 6.12. The van der Waals surface area contributed by atoms with Crippen LogP contribution >= 0.6 is 35.4 Å². The molecule has 6 heteroatoms. The molecule has 2 aromatic rings. The second kappa shape index (κ2) is 6.88. The molecule has 0 spiro atoms. The predicted octanol–water partition coefficient (Wildman–Crippen LogP) is 3.68. The third-order valence-corrected chi connectivity index (χ3v) is 3.55. The zero-order valence-corrected chi connectivity index (χ0v) is 12.9. The van der Waals surface area contributed by atoms with Crippen molar-refractivity contribution in [3.05, 3.63) is 57.8 Å². The number of pyridine rings is 1. The van der Waals surface area contributed by atoms with E-state index in [0.717, 1.165) is 24.2 Å². The molecule has 0 atom stereocenters. The third kappa shape index (κ3) is 4.07. The van der Waals surface area contributed by atoms with Crippen molar-refractivity contribution in [2.24, 2.45) is 5.73 Å². The van der Waals surface area contributed by atoms with E-state index in [1.54, 1.807) is 12.3 Å². The van der Waals surface area contributed by atoms with Crippen molar-refractivity contribution in [3.8, 4) is 0 Å². The summed E-state index contributed by atoms with van der Waals surface area (Å²) in [5.74, 6) is 0. The van der Waals surface area contributed by atoms with Crippen LogP contribution in [0.2, 0.25) is 10.0 Å². The lowest BCUT2D eigenvalue weighted by Crippen LogP contribution is -2.12. The molecule has 104 valence electrons. The van der Waals surface area contributed by atoms with Gasteiger partial charge in [0, 0.05) is 28.5 Å². The van der Waals surface area contributed by atoms with E-state index in [-0.39, 0.29) is 4.99 Å². The van der Waals surface area contributed by atoms with E-state index in [9.17, 15) is 0 Å². The Morgan fingerprint density at radius 2 is 2.05 bits per heavy atom. The van der Waals surface area contributed by atoms with Gasteiger partial charge < -0.3 is 11.1 Å². The van der Waals surface area contributed by atoms with Crippen molar-refractivity contribution in [1.29, 1.82) is 0 Å². The van der Waals surface area contributed by atoms with Gasteiger partial charge in [-0.2, -0.15) is 0 Å². The van der Waals surface area contributed by atoms with Crippen LogP contribution in [-0.4, -0.2) is 16.5 Å². The molecule has 3 nitrogen and oxygen atoms in total. The second-order valence-corrected chi connectivity index (χ2v) is 5.49. The highest BCUT2D eigenvalue weighted by Gasteiger charge is 2.02. The molecule has 0 fully saturated rings. The molecule has 0 aliphatic heterocycles. The summed E-state index contributed by atoms with van der Waals surface area (Å²) in [5.41, 5.74) is 8.13. The minimum atomic E-state index is 0.286. The number of benzene rings is 1. The smallest absolute Gasteiger partial charge is 0.122 e. The van der Waals surface area contributed by atoms with Crippen LogP contribution in [0.15, 0.2) is 36.5 Å². The topological polar surface area (TPSA) is 50.9 Å². The van der Waals surface area contributed by atoms with Crippen molar-refractivity contribution in [2.45, 2.75) is 6.42 Å². The monoisotopic (exact) mass is 325 g/mol. The number of halogens is 2. The lowest BCUT2D eigenvalue weighted by molar-refractivity contribution is 1.02. The van der Waals surface area contributed by atoms with E-state index in [1.165, 1.54) is 0 Å². The van der Waals surface area contributed by atoms with E-state index >= 15 is 0 Å². The molecule has 1 aromatic carbocycles. The molecule has 0 unspecified atom stereocenters. The molecular formula is C14H13Cl2N3S. The van der Waals surface area contributed by atoms with Gasteiger partial charge >= 0.3 is 0 Å². The molecule has 0 aliphatic rings. The number of nitrogens with one attached hydrogen (secondary N) is 1. The Labute approximate surface area is 133 Å². The Kier molecular flexibility index (Phi) is 5.17. The molecule has 20 heavy (non-hydrogen) atoms. The molecule has 0 aliphatic carbocycles. The van der Waals surface area contributed by atoms with Crippen molar-refractivity contribution >= 4 is 46.1 Å². The standard InChI is InChI=1S/C14H13Cl2N3S/c15-10-2-1-9(12(16)7-10)3-5-18-11-4-6-19-13(8-11)14(17)20/h1-2,4,6-8H,3,5H2,(H2,17,20)(H,18,19). The Morgan fingerprint density at radius 3 is 2.75 bits per heavy atom. The molecular weight excluding hydrogens is 313 g/mol. The minimum Gasteiger partial charge on any atom is -0.388 e. The fraction of sp³-hybridized carbons (Fsp3) is 0.143. The molecule has 0 amide bonds. The molecule has 0 bridgehead atoms. The normalized spacial score (nSPS) is 10.3. The molecule has 1 heterocycles. The van der Waals surface area contributed by atoms with Crippen LogP contribution in [0.3, 0.4) is 0 Å². The molecule has 3 N–H and O–H groups in total. The van der Waals surface area contributed by atoms with Crippen LogP contribution < -0.4 is 11.1 Å². The van der Waals surface area contributed by atoms with Gasteiger partial charge in [0.15, 0.2) is 0 Å². The second-order valence-electron chi connectivity index (χ2n) is 4.21. The van der Waals surface area contributed by atoms with Crippen molar-refractivity contribution in [2.75, 3.05) is 11.9 Å². The Balaban J connectivity index is 1.96. The fourth-order valence-electron chi connectivity index (χ4n) is 1.74. The summed E-state index contributed by atoms with van der Waals surface area (Å²) in [5, 5.41) is 4.60. The molecule has 1 aromatic heterocycles. The van der Waals surface area contributed by atoms with Crippen LogP contribution in [-0.2, 0) is 6.42 Å². The fourth-order valence-corrected chi connectivity index (χ4v) is 2.36. The SMILES string of the molecule is NC(=S)c1cc(NCCc2ccc(Cl)cc2Cl)ccn1. The summed E-state index contributed by atoms with van der Waals surface area (Å²) in [6, 6.07) is 9.20. The summed E-state index contributed by atoms with van der Waals surface area (Å²) in [4.78, 5) is 4.37. The lowest BCUT2D eigenvalue weighted by Gasteiger charge is -2.09. The van der Waals surface area contributed by atoms with Crippen molar-refractivity contribution in [3.63, 3.8) is 0 Å². The molecule has 0 radical (unpaired) electrons. The number of rotatable bonds is 5. The van der Waals surface area contributed by atoms with Gasteiger partial charge in [-0.3, -0.25) is 4.98 Å². The number of nitrogens with two attached hydrogens (primary N) is 1. The highest BCUT2D eigenvalue weighted by Crippen LogP contribution is 2.21. The number of aromatic nitrogens is 1. The van der Waals surface area contributed by atoms with Gasteiger partial charge in [-0.15, -0.1) is 0 Å². The Hall–Kier alpha value is -1.36. The average molecular weight is 326 g/mol. The molecule has 0 saturated carbocycles.